The van der Waals surface area contributed by atoms with Crippen molar-refractivity contribution < 1.29 is 14.4 Å². The highest BCUT2D eigenvalue weighted by Crippen LogP contribution is 2.20. The van der Waals surface area contributed by atoms with E-state index in [4.69, 9.17) is 0 Å². The fourth-order valence-corrected chi connectivity index (χ4v) is 3.07. The van der Waals surface area contributed by atoms with Crippen molar-refractivity contribution in [3.05, 3.63) is 53.9 Å². The summed E-state index contributed by atoms with van der Waals surface area (Å²) >= 11 is 0. The number of amides is 3. The van der Waals surface area contributed by atoms with Crippen LogP contribution in [0.1, 0.15) is 22.6 Å². The summed E-state index contributed by atoms with van der Waals surface area (Å²) in [4.78, 5) is 44.5. The maximum absolute atomic E-state index is 12.4. The number of aromatic amines is 1. The minimum atomic E-state index is -0.956. The van der Waals surface area contributed by atoms with Gasteiger partial charge in [-0.3, -0.25) is 14.4 Å². The normalized spacial score (nSPS) is 16.3. The summed E-state index contributed by atoms with van der Waals surface area (Å²) in [5.74, 6) is -0.415. The second-order valence-corrected chi connectivity index (χ2v) is 6.37. The third-order valence-corrected chi connectivity index (χ3v) is 4.32. The standard InChI is InChI=1S/C19H17N5O3/c1-10-20-14-7-6-11(8-15(14)21-10)22-17(25)9-16-19(27)23-13-5-3-2-4-12(13)18(26)24-16/h2-8,16H,9H2,1H3,(H,20,21)(H,22,25)(H,23,27)(H,24,26). The lowest BCUT2D eigenvalue weighted by molar-refractivity contribution is -0.122. The van der Waals surface area contributed by atoms with E-state index in [9.17, 15) is 14.4 Å². The lowest BCUT2D eigenvalue weighted by Crippen LogP contribution is -2.43. The summed E-state index contributed by atoms with van der Waals surface area (Å²) in [5, 5.41) is 8.04. The molecule has 0 radical (unpaired) electrons. The molecule has 8 nitrogen and oxygen atoms in total. The van der Waals surface area contributed by atoms with Crippen molar-refractivity contribution in [2.45, 2.75) is 19.4 Å². The van der Waals surface area contributed by atoms with Crippen LogP contribution in [0.25, 0.3) is 11.0 Å². The molecule has 0 bridgehead atoms. The number of nitrogens with zero attached hydrogens (tertiary/aromatic N) is 1. The maximum Gasteiger partial charge on any atom is 0.254 e. The quantitative estimate of drug-likeness (QED) is 0.569. The summed E-state index contributed by atoms with van der Waals surface area (Å²) in [6.45, 7) is 1.85. The Morgan fingerprint density at radius 1 is 1.19 bits per heavy atom. The highest BCUT2D eigenvalue weighted by atomic mass is 16.2. The van der Waals surface area contributed by atoms with Crippen molar-refractivity contribution in [3.8, 4) is 0 Å². The number of aryl methyl sites for hydroxylation is 1. The number of para-hydroxylation sites is 1. The van der Waals surface area contributed by atoms with Gasteiger partial charge >= 0.3 is 0 Å². The molecule has 1 unspecified atom stereocenters. The molecule has 2 heterocycles. The topological polar surface area (TPSA) is 116 Å². The fourth-order valence-electron chi connectivity index (χ4n) is 3.07. The van der Waals surface area contributed by atoms with Crippen LogP contribution in [0.15, 0.2) is 42.5 Å². The van der Waals surface area contributed by atoms with Crippen molar-refractivity contribution in [1.82, 2.24) is 15.3 Å². The van der Waals surface area contributed by atoms with E-state index in [1.165, 1.54) is 0 Å². The summed E-state index contributed by atoms with van der Waals surface area (Å²) in [5.41, 5.74) is 3.00. The van der Waals surface area contributed by atoms with Gasteiger partial charge in [0.25, 0.3) is 5.91 Å². The molecule has 0 saturated heterocycles. The molecule has 4 rings (SSSR count). The van der Waals surface area contributed by atoms with Gasteiger partial charge in [-0.25, -0.2) is 4.98 Å². The van der Waals surface area contributed by atoms with Gasteiger partial charge in [0.1, 0.15) is 11.9 Å². The van der Waals surface area contributed by atoms with Gasteiger partial charge in [0.05, 0.1) is 28.7 Å². The number of hydrogen-bond donors (Lipinski definition) is 4. The van der Waals surface area contributed by atoms with Gasteiger partial charge in [-0.05, 0) is 37.3 Å². The summed E-state index contributed by atoms with van der Waals surface area (Å²) in [6.07, 6.45) is -0.175. The van der Waals surface area contributed by atoms with Crippen molar-refractivity contribution in [2.24, 2.45) is 0 Å². The van der Waals surface area contributed by atoms with E-state index < -0.39 is 17.9 Å². The Bertz CT molecular complexity index is 1070. The molecular formula is C19H17N5O3. The van der Waals surface area contributed by atoms with E-state index in [1.54, 1.807) is 42.5 Å². The van der Waals surface area contributed by atoms with E-state index >= 15 is 0 Å². The number of fused-ring (bicyclic) bond motifs is 2. The molecule has 0 fully saturated rings. The molecular weight excluding hydrogens is 346 g/mol. The van der Waals surface area contributed by atoms with Gasteiger partial charge in [-0.2, -0.15) is 0 Å². The van der Waals surface area contributed by atoms with Crippen LogP contribution in [0.4, 0.5) is 11.4 Å². The molecule has 1 aliphatic rings. The predicted molar refractivity (Wildman–Crippen MR) is 100 cm³/mol. The second-order valence-electron chi connectivity index (χ2n) is 6.37. The van der Waals surface area contributed by atoms with E-state index in [2.05, 4.69) is 25.9 Å². The summed E-state index contributed by atoms with van der Waals surface area (Å²) < 4.78 is 0. The molecule has 4 N–H and O–H groups in total. The van der Waals surface area contributed by atoms with Crippen LogP contribution in [0.2, 0.25) is 0 Å². The van der Waals surface area contributed by atoms with Crippen molar-refractivity contribution in [2.75, 3.05) is 10.6 Å². The van der Waals surface area contributed by atoms with E-state index in [0.717, 1.165) is 16.9 Å². The summed E-state index contributed by atoms with van der Waals surface area (Å²) in [7, 11) is 0. The van der Waals surface area contributed by atoms with Gasteiger partial charge in [-0.1, -0.05) is 12.1 Å². The van der Waals surface area contributed by atoms with Crippen molar-refractivity contribution in [3.63, 3.8) is 0 Å². The van der Waals surface area contributed by atoms with Crippen LogP contribution in [0.5, 0.6) is 0 Å². The molecule has 27 heavy (non-hydrogen) atoms. The van der Waals surface area contributed by atoms with E-state index in [0.29, 0.717) is 16.9 Å². The van der Waals surface area contributed by atoms with E-state index in [-0.39, 0.29) is 12.3 Å². The largest absolute Gasteiger partial charge is 0.342 e. The third-order valence-electron chi connectivity index (χ3n) is 4.32. The molecule has 8 heteroatoms. The number of carbonyl (C=O) groups is 3. The molecule has 136 valence electrons. The Balaban J connectivity index is 1.47. The van der Waals surface area contributed by atoms with Crippen LogP contribution in [-0.2, 0) is 9.59 Å². The first-order valence-electron chi connectivity index (χ1n) is 8.46. The molecule has 0 aliphatic carbocycles. The Hall–Kier alpha value is -3.68. The average molecular weight is 363 g/mol. The number of hydrogen-bond acceptors (Lipinski definition) is 4. The van der Waals surface area contributed by atoms with Crippen LogP contribution < -0.4 is 16.0 Å². The van der Waals surface area contributed by atoms with E-state index in [1.807, 2.05) is 6.92 Å². The number of carbonyl (C=O) groups excluding carboxylic acids is 3. The van der Waals surface area contributed by atoms with Crippen molar-refractivity contribution in [1.29, 1.82) is 0 Å². The Morgan fingerprint density at radius 2 is 2.00 bits per heavy atom. The molecule has 3 aromatic rings. The molecule has 1 aromatic heterocycles. The molecule has 0 saturated carbocycles. The first-order valence-corrected chi connectivity index (χ1v) is 8.46. The molecule has 0 spiro atoms. The maximum atomic E-state index is 12.4. The lowest BCUT2D eigenvalue weighted by atomic mass is 10.1. The number of aromatic nitrogens is 2. The molecule has 3 amide bonds. The molecule has 1 atom stereocenters. The fraction of sp³-hybridized carbons (Fsp3) is 0.158. The predicted octanol–water partition coefficient (Wildman–Crippen LogP) is 1.95. The smallest absolute Gasteiger partial charge is 0.254 e. The van der Waals surface area contributed by atoms with Gasteiger partial charge in [0.2, 0.25) is 11.8 Å². The molecule has 1 aliphatic heterocycles. The highest BCUT2D eigenvalue weighted by Gasteiger charge is 2.29. The van der Waals surface area contributed by atoms with Crippen LogP contribution in [-0.4, -0.2) is 33.7 Å². The summed E-state index contributed by atoms with van der Waals surface area (Å²) in [6, 6.07) is 11.1. The number of imidazole rings is 1. The Labute approximate surface area is 154 Å². The first kappa shape index (κ1) is 16.8. The van der Waals surface area contributed by atoms with Crippen molar-refractivity contribution >= 4 is 40.1 Å². The second kappa shape index (κ2) is 6.56. The zero-order valence-corrected chi connectivity index (χ0v) is 14.5. The van der Waals surface area contributed by atoms with Gasteiger partial charge in [0, 0.05) is 5.69 Å². The Kier molecular flexibility index (Phi) is 4.08. The minimum Gasteiger partial charge on any atom is -0.342 e. The number of H-pyrrole nitrogens is 1. The van der Waals surface area contributed by atoms with Crippen LogP contribution in [0, 0.1) is 6.92 Å². The third kappa shape index (κ3) is 3.37. The zero-order chi connectivity index (χ0) is 19.0. The van der Waals surface area contributed by atoms with Crippen LogP contribution >= 0.6 is 0 Å². The highest BCUT2D eigenvalue weighted by molar-refractivity contribution is 6.11. The van der Waals surface area contributed by atoms with Gasteiger partial charge < -0.3 is 20.9 Å². The number of rotatable bonds is 3. The number of nitrogens with one attached hydrogen (secondary N) is 4. The zero-order valence-electron chi connectivity index (χ0n) is 14.5. The Morgan fingerprint density at radius 3 is 2.85 bits per heavy atom. The molecule has 2 aromatic carbocycles. The van der Waals surface area contributed by atoms with Gasteiger partial charge in [-0.15, -0.1) is 0 Å². The SMILES string of the molecule is Cc1nc2ccc(NC(=O)CC3NC(=O)c4ccccc4NC3=O)cc2[nH]1. The first-order chi connectivity index (χ1) is 13.0. The lowest BCUT2D eigenvalue weighted by Gasteiger charge is -2.14. The number of benzene rings is 2. The van der Waals surface area contributed by atoms with Crippen LogP contribution in [0.3, 0.4) is 0 Å². The number of anilines is 2. The van der Waals surface area contributed by atoms with Gasteiger partial charge in [0.15, 0.2) is 0 Å². The minimum absolute atomic E-state index is 0.175. The average Bonchev–Trinajstić information content (AvgIpc) is 2.95. The monoisotopic (exact) mass is 363 g/mol.